The summed E-state index contributed by atoms with van der Waals surface area (Å²) in [4.78, 5) is 0. The largest absolute Gasteiger partial charge is 0.504 e. The zero-order valence-electron chi connectivity index (χ0n) is 7.70. The highest BCUT2D eigenvalue weighted by atomic mass is 79.9. The minimum Gasteiger partial charge on any atom is -0.504 e. The number of phenolic OH excluding ortho intramolecular Hbond substituents is 1. The van der Waals surface area contributed by atoms with Gasteiger partial charge in [-0.15, -0.1) is 0 Å². The highest BCUT2D eigenvalue weighted by Crippen LogP contribution is 2.37. The van der Waals surface area contributed by atoms with Crippen molar-refractivity contribution in [2.45, 2.75) is 6.04 Å². The van der Waals surface area contributed by atoms with Crippen molar-refractivity contribution in [3.05, 3.63) is 22.2 Å². The van der Waals surface area contributed by atoms with Crippen molar-refractivity contribution in [3.63, 3.8) is 0 Å². The zero-order chi connectivity index (χ0) is 10.7. The molecule has 1 rings (SSSR count). The van der Waals surface area contributed by atoms with Crippen molar-refractivity contribution in [3.8, 4) is 11.5 Å². The SMILES string of the molecule is COc1ccc(Br)c([C@@H](N)CO)c1O. The molecule has 0 unspecified atom stereocenters. The predicted molar refractivity (Wildman–Crippen MR) is 56.4 cm³/mol. The summed E-state index contributed by atoms with van der Waals surface area (Å²) in [6.07, 6.45) is 0. The number of aliphatic hydroxyl groups is 1. The average Bonchev–Trinajstić information content (AvgIpc) is 2.18. The number of nitrogens with two attached hydrogens (primary N) is 1. The molecule has 0 aliphatic carbocycles. The van der Waals surface area contributed by atoms with E-state index >= 15 is 0 Å². The topological polar surface area (TPSA) is 75.7 Å². The maximum atomic E-state index is 9.73. The first kappa shape index (κ1) is 11.3. The van der Waals surface area contributed by atoms with Gasteiger partial charge in [-0.3, -0.25) is 0 Å². The molecule has 1 atom stereocenters. The molecule has 0 aromatic heterocycles. The van der Waals surface area contributed by atoms with Crippen LogP contribution >= 0.6 is 15.9 Å². The first-order valence-electron chi connectivity index (χ1n) is 4.03. The molecule has 78 valence electrons. The van der Waals surface area contributed by atoms with Gasteiger partial charge in [0.15, 0.2) is 11.5 Å². The molecule has 0 saturated heterocycles. The van der Waals surface area contributed by atoms with Crippen molar-refractivity contribution in [2.24, 2.45) is 5.73 Å². The molecule has 5 heteroatoms. The van der Waals surface area contributed by atoms with Gasteiger partial charge >= 0.3 is 0 Å². The van der Waals surface area contributed by atoms with Crippen LogP contribution in [-0.2, 0) is 0 Å². The van der Waals surface area contributed by atoms with E-state index in [9.17, 15) is 5.11 Å². The number of aliphatic hydroxyl groups excluding tert-OH is 1. The normalized spacial score (nSPS) is 12.6. The summed E-state index contributed by atoms with van der Waals surface area (Å²) in [7, 11) is 1.46. The van der Waals surface area contributed by atoms with Gasteiger partial charge in [-0.1, -0.05) is 15.9 Å². The van der Waals surface area contributed by atoms with Gasteiger partial charge in [-0.25, -0.2) is 0 Å². The molecular formula is C9H12BrNO3. The molecule has 0 saturated carbocycles. The van der Waals surface area contributed by atoms with E-state index in [0.29, 0.717) is 15.8 Å². The van der Waals surface area contributed by atoms with Crippen molar-refractivity contribution < 1.29 is 14.9 Å². The van der Waals surface area contributed by atoms with Gasteiger partial charge in [0, 0.05) is 10.0 Å². The van der Waals surface area contributed by atoms with Crippen molar-refractivity contribution in [1.29, 1.82) is 0 Å². The van der Waals surface area contributed by atoms with Crippen molar-refractivity contribution >= 4 is 15.9 Å². The Hall–Kier alpha value is -0.780. The lowest BCUT2D eigenvalue weighted by Crippen LogP contribution is -2.15. The van der Waals surface area contributed by atoms with E-state index < -0.39 is 6.04 Å². The number of phenols is 1. The van der Waals surface area contributed by atoms with E-state index in [-0.39, 0.29) is 12.4 Å². The van der Waals surface area contributed by atoms with Crippen LogP contribution in [0.4, 0.5) is 0 Å². The Morgan fingerprint density at radius 3 is 2.71 bits per heavy atom. The fourth-order valence-corrected chi connectivity index (χ4v) is 1.79. The van der Waals surface area contributed by atoms with Crippen molar-refractivity contribution in [1.82, 2.24) is 0 Å². The van der Waals surface area contributed by atoms with Gasteiger partial charge in [-0.05, 0) is 12.1 Å². The number of halogens is 1. The van der Waals surface area contributed by atoms with E-state index in [4.69, 9.17) is 15.6 Å². The Morgan fingerprint density at radius 1 is 1.57 bits per heavy atom. The average molecular weight is 262 g/mol. The molecule has 0 bridgehead atoms. The van der Waals surface area contributed by atoms with Gasteiger partial charge in [0.1, 0.15) is 0 Å². The third-order valence-corrected chi connectivity index (χ3v) is 2.61. The van der Waals surface area contributed by atoms with Crippen LogP contribution in [0.5, 0.6) is 11.5 Å². The van der Waals surface area contributed by atoms with Gasteiger partial charge < -0.3 is 20.7 Å². The lowest BCUT2D eigenvalue weighted by Gasteiger charge is -2.15. The third-order valence-electron chi connectivity index (χ3n) is 1.91. The second-order valence-electron chi connectivity index (χ2n) is 2.80. The van der Waals surface area contributed by atoms with Crippen LogP contribution in [0.2, 0.25) is 0 Å². The summed E-state index contributed by atoms with van der Waals surface area (Å²) < 4.78 is 5.58. The molecule has 0 radical (unpaired) electrons. The Labute approximate surface area is 90.4 Å². The molecule has 0 aliphatic rings. The Morgan fingerprint density at radius 2 is 2.21 bits per heavy atom. The zero-order valence-corrected chi connectivity index (χ0v) is 9.28. The Kier molecular flexibility index (Phi) is 3.74. The summed E-state index contributed by atoms with van der Waals surface area (Å²) >= 11 is 3.25. The summed E-state index contributed by atoms with van der Waals surface area (Å²) in [5.41, 5.74) is 6.07. The van der Waals surface area contributed by atoms with E-state index in [1.54, 1.807) is 12.1 Å². The standard InChI is InChI=1S/C9H12BrNO3/c1-14-7-3-2-5(10)8(9(7)13)6(11)4-12/h2-3,6,12-13H,4,11H2,1H3/t6-/m0/s1. The number of rotatable bonds is 3. The quantitative estimate of drug-likeness (QED) is 0.763. The molecule has 1 aromatic rings. The molecular weight excluding hydrogens is 250 g/mol. The summed E-state index contributed by atoms with van der Waals surface area (Å²) in [5, 5.41) is 18.6. The predicted octanol–water partition coefficient (Wildman–Crippen LogP) is 1.16. The minimum atomic E-state index is -0.625. The maximum absolute atomic E-state index is 9.73. The van der Waals surface area contributed by atoms with Gasteiger partial charge in [0.2, 0.25) is 0 Å². The fraction of sp³-hybridized carbons (Fsp3) is 0.333. The molecule has 0 fully saturated rings. The molecule has 4 nitrogen and oxygen atoms in total. The van der Waals surface area contributed by atoms with Crippen LogP contribution in [0, 0.1) is 0 Å². The highest BCUT2D eigenvalue weighted by molar-refractivity contribution is 9.10. The first-order chi connectivity index (χ1) is 6.61. The lowest BCUT2D eigenvalue weighted by atomic mass is 10.1. The second-order valence-corrected chi connectivity index (χ2v) is 3.66. The first-order valence-corrected chi connectivity index (χ1v) is 4.83. The minimum absolute atomic E-state index is 0.0385. The van der Waals surface area contributed by atoms with Crippen LogP contribution in [0.3, 0.4) is 0 Å². The second kappa shape index (κ2) is 4.63. The molecule has 0 aliphatic heterocycles. The number of methoxy groups -OCH3 is 1. The molecule has 4 N–H and O–H groups in total. The number of hydrogen-bond acceptors (Lipinski definition) is 4. The summed E-state index contributed by atoms with van der Waals surface area (Å²) in [6.45, 7) is -0.237. The summed E-state index contributed by atoms with van der Waals surface area (Å²) in [5.74, 6) is 0.301. The smallest absolute Gasteiger partial charge is 0.163 e. The molecule has 0 spiro atoms. The Balaban J connectivity index is 3.25. The Bertz CT molecular complexity index is 330. The number of benzene rings is 1. The highest BCUT2D eigenvalue weighted by Gasteiger charge is 2.17. The molecule has 1 aromatic carbocycles. The molecule has 14 heavy (non-hydrogen) atoms. The molecule has 0 amide bonds. The monoisotopic (exact) mass is 261 g/mol. The van der Waals surface area contributed by atoms with Crippen LogP contribution in [0.25, 0.3) is 0 Å². The lowest BCUT2D eigenvalue weighted by molar-refractivity contribution is 0.263. The number of aromatic hydroxyl groups is 1. The maximum Gasteiger partial charge on any atom is 0.163 e. The van der Waals surface area contributed by atoms with Crippen LogP contribution in [0.15, 0.2) is 16.6 Å². The van der Waals surface area contributed by atoms with Crippen LogP contribution in [0.1, 0.15) is 11.6 Å². The number of ether oxygens (including phenoxy) is 1. The fourth-order valence-electron chi connectivity index (χ4n) is 1.17. The number of hydrogen-bond donors (Lipinski definition) is 3. The van der Waals surface area contributed by atoms with Gasteiger partial charge in [-0.2, -0.15) is 0 Å². The molecule has 0 heterocycles. The van der Waals surface area contributed by atoms with Crippen LogP contribution < -0.4 is 10.5 Å². The van der Waals surface area contributed by atoms with Gasteiger partial charge in [0.25, 0.3) is 0 Å². The third kappa shape index (κ3) is 2.00. The summed E-state index contributed by atoms with van der Waals surface area (Å²) in [6, 6.07) is 2.70. The van der Waals surface area contributed by atoms with E-state index in [0.717, 1.165) is 0 Å². The van der Waals surface area contributed by atoms with E-state index in [2.05, 4.69) is 15.9 Å². The van der Waals surface area contributed by atoms with E-state index in [1.165, 1.54) is 7.11 Å². The van der Waals surface area contributed by atoms with Gasteiger partial charge in [0.05, 0.1) is 19.8 Å². The van der Waals surface area contributed by atoms with Crippen molar-refractivity contribution in [2.75, 3.05) is 13.7 Å². The van der Waals surface area contributed by atoms with E-state index in [1.807, 2.05) is 0 Å². The van der Waals surface area contributed by atoms with Crippen LogP contribution in [-0.4, -0.2) is 23.9 Å².